The molecule has 0 aliphatic rings. The van der Waals surface area contributed by atoms with Gasteiger partial charge in [-0.25, -0.2) is 4.98 Å². The van der Waals surface area contributed by atoms with Crippen molar-refractivity contribution in [3.63, 3.8) is 0 Å². The highest BCUT2D eigenvalue weighted by atomic mass is 32.2. The second-order valence-corrected chi connectivity index (χ2v) is 7.41. The molecule has 2 aromatic heterocycles. The monoisotopic (exact) mass is 392 g/mol. The Kier molecular flexibility index (Phi) is 10.3. The smallest absolute Gasteiger partial charge is 0.139 e. The number of halogens is 1. The van der Waals surface area contributed by atoms with E-state index >= 15 is 0 Å². The largest absolute Gasteiger partial charge is 0.334 e. The summed E-state index contributed by atoms with van der Waals surface area (Å²) in [5.74, 6) is 1.52. The van der Waals surface area contributed by atoms with Crippen LogP contribution in [0.15, 0.2) is 48.1 Å². The number of rotatable bonds is 3. The number of aryl methyl sites for hydroxylation is 1. The van der Waals surface area contributed by atoms with Gasteiger partial charge in [-0.2, -0.15) is 3.89 Å². The van der Waals surface area contributed by atoms with Crippen LogP contribution in [0.25, 0.3) is 21.8 Å². The highest BCUT2D eigenvalue weighted by molar-refractivity contribution is 7.93. The molecule has 0 atom stereocenters. The first-order valence-corrected chi connectivity index (χ1v) is 10.8. The fraction of sp³-hybridized carbons (Fsp3) is 0.381. The molecule has 0 saturated carbocycles. The molecule has 142 valence electrons. The number of thiophene rings is 1. The summed E-state index contributed by atoms with van der Waals surface area (Å²) >= 11 is 2.02. The molecule has 0 aliphatic heterocycles. The summed E-state index contributed by atoms with van der Waals surface area (Å²) in [6.45, 7) is 8.71. The Bertz CT molecular complexity index is 747. The minimum Gasteiger partial charge on any atom is -0.334 e. The molecule has 26 heavy (non-hydrogen) atoms. The Morgan fingerprint density at radius 2 is 1.88 bits per heavy atom. The van der Waals surface area contributed by atoms with E-state index in [9.17, 15) is 3.89 Å². The summed E-state index contributed by atoms with van der Waals surface area (Å²) < 4.78 is 12.3. The van der Waals surface area contributed by atoms with E-state index < -0.39 is 0 Å². The molecule has 0 bridgehead atoms. The number of nitrogens with zero attached hydrogens (tertiary/aromatic N) is 2. The van der Waals surface area contributed by atoms with E-state index in [0.29, 0.717) is 5.92 Å². The van der Waals surface area contributed by atoms with E-state index in [-0.39, 0.29) is 12.1 Å². The fourth-order valence-electron chi connectivity index (χ4n) is 2.47. The molecule has 0 unspecified atom stereocenters. The molecule has 3 rings (SSSR count). The predicted molar refractivity (Wildman–Crippen MR) is 117 cm³/mol. The second-order valence-electron chi connectivity index (χ2n) is 6.16. The maximum atomic E-state index is 10.2. The third-order valence-electron chi connectivity index (χ3n) is 3.54. The number of hydrogen-bond donors (Lipinski definition) is 0. The van der Waals surface area contributed by atoms with Gasteiger partial charge in [0.1, 0.15) is 5.82 Å². The third kappa shape index (κ3) is 6.29. The van der Waals surface area contributed by atoms with Gasteiger partial charge >= 0.3 is 0 Å². The molecule has 1 aromatic carbocycles. The van der Waals surface area contributed by atoms with Crippen molar-refractivity contribution in [1.29, 1.82) is 0 Å². The molecule has 0 saturated heterocycles. The van der Waals surface area contributed by atoms with Crippen molar-refractivity contribution < 1.29 is 3.89 Å². The summed E-state index contributed by atoms with van der Waals surface area (Å²) in [4.78, 5) is 5.82. The summed E-state index contributed by atoms with van der Waals surface area (Å²) in [5.41, 5.74) is 3.85. The minimum absolute atomic E-state index is 0.250. The summed E-state index contributed by atoms with van der Waals surface area (Å²) in [6.07, 6.45) is 6.48. The molecule has 3 aromatic rings. The van der Waals surface area contributed by atoms with E-state index in [1.165, 1.54) is 34.2 Å². The first-order chi connectivity index (χ1) is 12.5. The fourth-order valence-corrected chi connectivity index (χ4v) is 3.20. The first kappa shape index (κ1) is 22.5. The molecular weight excluding hydrogens is 363 g/mol. The number of imidazole rings is 1. The van der Waals surface area contributed by atoms with Crippen molar-refractivity contribution in [1.82, 2.24) is 9.55 Å². The van der Waals surface area contributed by atoms with Crippen LogP contribution in [0.3, 0.4) is 0 Å². The number of hydrogen-bond acceptors (Lipinski definition) is 3. The van der Waals surface area contributed by atoms with Crippen molar-refractivity contribution in [2.24, 2.45) is 7.05 Å². The van der Waals surface area contributed by atoms with Crippen LogP contribution in [0.5, 0.6) is 0 Å². The van der Waals surface area contributed by atoms with Gasteiger partial charge in [0, 0.05) is 48.3 Å². The van der Waals surface area contributed by atoms with Crippen LogP contribution in [0.2, 0.25) is 0 Å². The zero-order valence-electron chi connectivity index (χ0n) is 16.5. The van der Waals surface area contributed by atoms with Crippen LogP contribution in [-0.4, -0.2) is 15.8 Å². The highest BCUT2D eigenvalue weighted by Crippen LogP contribution is 2.33. The summed E-state index contributed by atoms with van der Waals surface area (Å²) in [7, 11) is 2.05. The molecular formula is C21H29FN2S2. The normalized spacial score (nSPS) is 10.0. The van der Waals surface area contributed by atoms with Crippen molar-refractivity contribution in [2.45, 2.75) is 40.0 Å². The van der Waals surface area contributed by atoms with Gasteiger partial charge in [0.05, 0.1) is 0 Å². The van der Waals surface area contributed by atoms with E-state index in [1.54, 1.807) is 11.3 Å². The Labute approximate surface area is 165 Å². The molecule has 5 heteroatoms. The lowest BCUT2D eigenvalue weighted by Crippen LogP contribution is -1.98. The Hall–Kier alpha value is -1.59. The first-order valence-electron chi connectivity index (χ1n) is 8.80. The Morgan fingerprint density at radius 1 is 1.23 bits per heavy atom. The SMILES string of the molecule is CC(C)c1ccc(-c2cccs2)cc1-c1nccn1C.CCC.CSF. The average molecular weight is 393 g/mol. The van der Waals surface area contributed by atoms with Gasteiger partial charge in [0.25, 0.3) is 0 Å². The Morgan fingerprint density at radius 3 is 2.35 bits per heavy atom. The van der Waals surface area contributed by atoms with Crippen LogP contribution in [0.4, 0.5) is 3.89 Å². The molecule has 0 aliphatic carbocycles. The summed E-state index contributed by atoms with van der Waals surface area (Å²) in [5, 5.41) is 2.12. The molecule has 0 spiro atoms. The second kappa shape index (κ2) is 11.9. The number of aromatic nitrogens is 2. The van der Waals surface area contributed by atoms with E-state index in [0.717, 1.165) is 5.82 Å². The van der Waals surface area contributed by atoms with Gasteiger partial charge in [-0.1, -0.05) is 52.3 Å². The maximum absolute atomic E-state index is 10.2. The van der Waals surface area contributed by atoms with Crippen LogP contribution < -0.4 is 0 Å². The average Bonchev–Trinajstić information content (AvgIpc) is 3.27. The van der Waals surface area contributed by atoms with E-state index in [2.05, 4.69) is 73.0 Å². The van der Waals surface area contributed by atoms with E-state index in [4.69, 9.17) is 0 Å². The lowest BCUT2D eigenvalue weighted by atomic mass is 9.94. The van der Waals surface area contributed by atoms with Gasteiger partial charge in [-0.05, 0) is 34.6 Å². The lowest BCUT2D eigenvalue weighted by molar-refractivity contribution is 0.858. The molecule has 2 heterocycles. The van der Waals surface area contributed by atoms with Gasteiger partial charge < -0.3 is 4.57 Å². The number of benzene rings is 1. The van der Waals surface area contributed by atoms with Gasteiger partial charge in [0.15, 0.2) is 0 Å². The summed E-state index contributed by atoms with van der Waals surface area (Å²) in [6, 6.07) is 11.0. The predicted octanol–water partition coefficient (Wildman–Crippen LogP) is 7.59. The van der Waals surface area contributed by atoms with Crippen molar-refractivity contribution in [3.8, 4) is 21.8 Å². The van der Waals surface area contributed by atoms with E-state index in [1.807, 2.05) is 19.4 Å². The van der Waals surface area contributed by atoms with Gasteiger partial charge in [-0.3, -0.25) is 0 Å². The Balaban J connectivity index is 0.000000499. The standard InChI is InChI=1S/C17H18N2S.C3H8.CH3FS/c1-12(2)14-7-6-13(16-5-4-10-20-16)11-15(14)17-18-8-9-19(17)3;2*1-3-2/h4-12H,1-3H3;3H2,1-2H3;1H3. The maximum Gasteiger partial charge on any atom is 0.139 e. The van der Waals surface area contributed by atoms with Crippen LogP contribution >= 0.6 is 23.5 Å². The lowest BCUT2D eigenvalue weighted by Gasteiger charge is -2.14. The van der Waals surface area contributed by atoms with Crippen molar-refractivity contribution >= 4 is 23.5 Å². The molecule has 0 N–H and O–H groups in total. The zero-order chi connectivity index (χ0) is 19.5. The molecule has 0 radical (unpaired) electrons. The molecule has 0 fully saturated rings. The van der Waals surface area contributed by atoms with Gasteiger partial charge in [0.2, 0.25) is 0 Å². The minimum atomic E-state index is 0.250. The highest BCUT2D eigenvalue weighted by Gasteiger charge is 2.13. The third-order valence-corrected chi connectivity index (χ3v) is 4.46. The quantitative estimate of drug-likeness (QED) is 0.457. The van der Waals surface area contributed by atoms with Crippen LogP contribution in [0.1, 0.15) is 45.6 Å². The topological polar surface area (TPSA) is 17.8 Å². The van der Waals surface area contributed by atoms with Crippen LogP contribution in [-0.2, 0) is 7.05 Å². The van der Waals surface area contributed by atoms with Crippen LogP contribution in [0, 0.1) is 0 Å². The van der Waals surface area contributed by atoms with Crippen molar-refractivity contribution in [2.75, 3.05) is 6.26 Å². The molecule has 2 nitrogen and oxygen atoms in total. The van der Waals surface area contributed by atoms with Crippen molar-refractivity contribution in [3.05, 3.63) is 53.7 Å². The zero-order valence-corrected chi connectivity index (χ0v) is 18.1. The van der Waals surface area contributed by atoms with Gasteiger partial charge in [-0.15, -0.1) is 11.3 Å². The molecule has 0 amide bonds.